The molecular formula is C48H86NO7+. The summed E-state index contributed by atoms with van der Waals surface area (Å²) in [4.78, 5) is 37.0. The van der Waals surface area contributed by atoms with Crippen LogP contribution in [0.2, 0.25) is 0 Å². The van der Waals surface area contributed by atoms with Crippen molar-refractivity contribution >= 4 is 17.9 Å². The number of carbonyl (C=O) groups excluding carboxylic acids is 2. The van der Waals surface area contributed by atoms with Crippen LogP contribution in [0, 0.1) is 0 Å². The average molecular weight is 789 g/mol. The van der Waals surface area contributed by atoms with Gasteiger partial charge < -0.3 is 23.8 Å². The molecule has 0 spiro atoms. The van der Waals surface area contributed by atoms with Gasteiger partial charge in [0.25, 0.3) is 0 Å². The highest BCUT2D eigenvalue weighted by atomic mass is 16.6. The first kappa shape index (κ1) is 53.3. The molecular weight excluding hydrogens is 703 g/mol. The Hall–Kier alpha value is -2.71. The minimum absolute atomic E-state index is 0.0544. The molecule has 0 aromatic heterocycles. The topological polar surface area (TPSA) is 99.1 Å². The van der Waals surface area contributed by atoms with Gasteiger partial charge in [-0.25, -0.2) is 4.79 Å². The van der Waals surface area contributed by atoms with Crippen LogP contribution in [-0.4, -0.2) is 80.6 Å². The number of carboxylic acid groups (broad SMARTS) is 1. The highest BCUT2D eigenvalue weighted by molar-refractivity contribution is 5.72. The fourth-order valence-corrected chi connectivity index (χ4v) is 6.39. The van der Waals surface area contributed by atoms with Crippen LogP contribution in [0.15, 0.2) is 48.6 Å². The molecule has 0 aromatic rings. The summed E-state index contributed by atoms with van der Waals surface area (Å²) in [6.07, 6.45) is 45.8. The van der Waals surface area contributed by atoms with Crippen molar-refractivity contribution in [3.05, 3.63) is 48.6 Å². The molecule has 0 aliphatic rings. The van der Waals surface area contributed by atoms with Crippen molar-refractivity contribution in [3.63, 3.8) is 0 Å². The first-order valence-electron chi connectivity index (χ1n) is 22.7. The lowest BCUT2D eigenvalue weighted by Gasteiger charge is -2.31. The third-order valence-electron chi connectivity index (χ3n) is 9.93. The summed E-state index contributed by atoms with van der Waals surface area (Å²) in [6.45, 7) is 4.63. The van der Waals surface area contributed by atoms with Crippen LogP contribution in [0.4, 0.5) is 0 Å². The Labute approximate surface area is 344 Å². The molecule has 56 heavy (non-hydrogen) atoms. The third-order valence-corrected chi connectivity index (χ3v) is 9.93. The van der Waals surface area contributed by atoms with Gasteiger partial charge in [-0.15, -0.1) is 0 Å². The van der Waals surface area contributed by atoms with Gasteiger partial charge in [-0.1, -0.05) is 146 Å². The Morgan fingerprint density at radius 2 is 0.982 bits per heavy atom. The van der Waals surface area contributed by atoms with Gasteiger partial charge in [-0.2, -0.15) is 0 Å². The van der Waals surface area contributed by atoms with E-state index < -0.39 is 18.1 Å². The molecule has 8 heteroatoms. The smallest absolute Gasteiger partial charge is 0.362 e. The number of esters is 2. The zero-order valence-electron chi connectivity index (χ0n) is 36.8. The predicted molar refractivity (Wildman–Crippen MR) is 234 cm³/mol. The predicted octanol–water partition coefficient (Wildman–Crippen LogP) is 12.4. The van der Waals surface area contributed by atoms with Crippen LogP contribution in [-0.2, 0) is 28.6 Å². The second kappa shape index (κ2) is 39.1. The van der Waals surface area contributed by atoms with Crippen LogP contribution in [0.1, 0.15) is 187 Å². The normalized spacial score (nSPS) is 13.4. The highest BCUT2D eigenvalue weighted by Crippen LogP contribution is 2.14. The first-order valence-corrected chi connectivity index (χ1v) is 22.7. The number of likely N-dealkylation sites (N-methyl/N-ethyl adjacent to an activating group) is 1. The molecule has 0 fully saturated rings. The number of allylic oxidation sites excluding steroid dienone is 8. The van der Waals surface area contributed by atoms with Gasteiger partial charge >= 0.3 is 17.9 Å². The van der Waals surface area contributed by atoms with Crippen molar-refractivity contribution < 1.29 is 38.2 Å². The largest absolute Gasteiger partial charge is 0.477 e. The van der Waals surface area contributed by atoms with Gasteiger partial charge in [0.15, 0.2) is 12.1 Å². The summed E-state index contributed by atoms with van der Waals surface area (Å²) in [5, 5.41) is 9.62. The highest BCUT2D eigenvalue weighted by Gasteiger charge is 2.31. The fourth-order valence-electron chi connectivity index (χ4n) is 6.39. The molecule has 2 unspecified atom stereocenters. The van der Waals surface area contributed by atoms with Crippen molar-refractivity contribution in [1.82, 2.24) is 0 Å². The summed E-state index contributed by atoms with van der Waals surface area (Å²) in [5.74, 6) is -1.49. The quantitative estimate of drug-likeness (QED) is 0.0286. The lowest BCUT2D eigenvalue weighted by atomic mass is 10.1. The second-order valence-corrected chi connectivity index (χ2v) is 16.3. The van der Waals surface area contributed by atoms with Crippen molar-refractivity contribution in [2.24, 2.45) is 0 Å². The van der Waals surface area contributed by atoms with Gasteiger partial charge in [0.2, 0.25) is 0 Å². The summed E-state index contributed by atoms with van der Waals surface area (Å²) >= 11 is 0. The van der Waals surface area contributed by atoms with Gasteiger partial charge in [0.05, 0.1) is 34.4 Å². The molecule has 0 heterocycles. The van der Waals surface area contributed by atoms with Crippen molar-refractivity contribution in [2.45, 2.75) is 199 Å². The van der Waals surface area contributed by atoms with E-state index in [0.29, 0.717) is 19.3 Å². The molecule has 0 bridgehead atoms. The Bertz CT molecular complexity index is 1060. The van der Waals surface area contributed by atoms with Crippen LogP contribution >= 0.6 is 0 Å². The molecule has 0 saturated heterocycles. The van der Waals surface area contributed by atoms with Crippen molar-refractivity contribution in [1.29, 1.82) is 0 Å². The maximum Gasteiger partial charge on any atom is 0.362 e. The Morgan fingerprint density at radius 3 is 1.45 bits per heavy atom. The van der Waals surface area contributed by atoms with E-state index >= 15 is 0 Å². The number of unbranched alkanes of at least 4 members (excludes halogenated alkanes) is 18. The molecule has 2 atom stereocenters. The van der Waals surface area contributed by atoms with Crippen LogP contribution < -0.4 is 0 Å². The molecule has 8 nitrogen and oxygen atoms in total. The number of carbonyl (C=O) groups is 3. The fraction of sp³-hybridized carbons (Fsp3) is 0.771. The standard InChI is InChI=1S/C48H85NO7/c1-6-8-10-12-14-16-18-20-21-22-23-24-25-27-29-31-33-35-37-39-47(51)56-44(42-54-41-40-45(48(52)53)49(3,4)5)43-55-46(50)38-36-34-32-30-28-26-19-17-15-13-11-9-7-2/h11,13-14,16-17,19-21,44-45H,6-10,12,15,18,22-43H2,1-5H3/p+1/b13-11-,16-14-,19-17-,21-20-. The average Bonchev–Trinajstić information content (AvgIpc) is 3.15. The summed E-state index contributed by atoms with van der Waals surface area (Å²) < 4.78 is 17.3. The van der Waals surface area contributed by atoms with Gasteiger partial charge in [-0.05, 0) is 70.6 Å². The maximum atomic E-state index is 12.7. The monoisotopic (exact) mass is 789 g/mol. The second-order valence-electron chi connectivity index (χ2n) is 16.3. The lowest BCUT2D eigenvalue weighted by Crippen LogP contribution is -2.50. The molecule has 0 aliphatic heterocycles. The van der Waals surface area contributed by atoms with E-state index in [1.54, 1.807) is 0 Å². The Kier molecular flexibility index (Phi) is 37.2. The van der Waals surface area contributed by atoms with E-state index in [4.69, 9.17) is 14.2 Å². The number of nitrogens with zero attached hydrogens (tertiary/aromatic N) is 1. The lowest BCUT2D eigenvalue weighted by molar-refractivity contribution is -0.887. The molecule has 0 rings (SSSR count). The van der Waals surface area contributed by atoms with E-state index in [9.17, 15) is 19.5 Å². The van der Waals surface area contributed by atoms with E-state index in [-0.39, 0.29) is 36.2 Å². The van der Waals surface area contributed by atoms with E-state index in [1.807, 2.05) is 21.1 Å². The number of aliphatic carboxylic acids is 1. The number of rotatable bonds is 40. The number of hydrogen-bond acceptors (Lipinski definition) is 6. The maximum absolute atomic E-state index is 12.7. The molecule has 1 N–H and O–H groups in total. The molecule has 0 amide bonds. The molecule has 0 radical (unpaired) electrons. The summed E-state index contributed by atoms with van der Waals surface area (Å²) in [7, 11) is 5.52. The zero-order chi connectivity index (χ0) is 41.4. The molecule has 0 aliphatic carbocycles. The summed E-state index contributed by atoms with van der Waals surface area (Å²) in [5.41, 5.74) is 0. The molecule has 0 aromatic carbocycles. The number of quaternary nitrogens is 1. The van der Waals surface area contributed by atoms with Crippen LogP contribution in [0.5, 0.6) is 0 Å². The van der Waals surface area contributed by atoms with Crippen molar-refractivity contribution in [2.75, 3.05) is 41.0 Å². The SMILES string of the molecule is CCC/C=C\C/C=C\CCCCCCCC(=O)OCC(COCCC(C(=O)O)[N+](C)(C)C)OC(=O)CCCCCCCCCCC/C=C\C/C=C\CCCCC. The third kappa shape index (κ3) is 36.9. The number of ether oxygens (including phenoxy) is 3. The number of carboxylic acids is 1. The Balaban J connectivity index is 4.33. The minimum atomic E-state index is -0.879. The van der Waals surface area contributed by atoms with E-state index in [0.717, 1.165) is 77.0 Å². The van der Waals surface area contributed by atoms with Crippen LogP contribution in [0.3, 0.4) is 0 Å². The van der Waals surface area contributed by atoms with Gasteiger partial charge in [-0.3, -0.25) is 9.59 Å². The van der Waals surface area contributed by atoms with E-state index in [1.165, 1.54) is 77.0 Å². The molecule has 0 saturated carbocycles. The van der Waals surface area contributed by atoms with Gasteiger partial charge in [0, 0.05) is 19.3 Å². The summed E-state index contributed by atoms with van der Waals surface area (Å²) in [6, 6.07) is -0.618. The van der Waals surface area contributed by atoms with E-state index in [2.05, 4.69) is 62.5 Å². The molecule has 324 valence electrons. The number of hydrogen-bond donors (Lipinski definition) is 1. The van der Waals surface area contributed by atoms with Crippen molar-refractivity contribution in [3.8, 4) is 0 Å². The zero-order valence-corrected chi connectivity index (χ0v) is 36.8. The van der Waals surface area contributed by atoms with Gasteiger partial charge in [0.1, 0.15) is 6.61 Å². The Morgan fingerprint density at radius 1 is 0.536 bits per heavy atom. The van der Waals surface area contributed by atoms with Crippen LogP contribution in [0.25, 0.3) is 0 Å². The minimum Gasteiger partial charge on any atom is -0.477 e. The first-order chi connectivity index (χ1) is 27.1.